The van der Waals surface area contributed by atoms with Crippen molar-refractivity contribution in [1.82, 2.24) is 20.5 Å². The summed E-state index contributed by atoms with van der Waals surface area (Å²) < 4.78 is 24.9. The van der Waals surface area contributed by atoms with E-state index in [9.17, 15) is 8.78 Å². The lowest BCUT2D eigenvalue weighted by atomic mass is 10.1. The van der Waals surface area contributed by atoms with E-state index in [0.29, 0.717) is 13.1 Å². The molecule has 0 spiro atoms. The zero-order valence-electron chi connectivity index (χ0n) is 16.4. The van der Waals surface area contributed by atoms with Gasteiger partial charge in [0, 0.05) is 57.6 Å². The number of nitrogens with one attached hydrogen (secondary N) is 2. The van der Waals surface area contributed by atoms with Crippen molar-refractivity contribution in [2.75, 3.05) is 51.2 Å². The van der Waals surface area contributed by atoms with Gasteiger partial charge >= 0.3 is 0 Å². The van der Waals surface area contributed by atoms with Gasteiger partial charge in [-0.05, 0) is 25.7 Å². The minimum Gasteiger partial charge on any atom is -0.356 e. The summed E-state index contributed by atoms with van der Waals surface area (Å²) >= 11 is 1.73. The van der Waals surface area contributed by atoms with Gasteiger partial charge in [0.05, 0.1) is 12.2 Å². The van der Waals surface area contributed by atoms with Crippen LogP contribution >= 0.6 is 35.3 Å². The predicted octanol–water partition coefficient (Wildman–Crippen LogP) is 2.80. The topological polar surface area (TPSA) is 55.8 Å². The van der Waals surface area contributed by atoms with E-state index in [-0.39, 0.29) is 36.6 Å². The molecule has 0 unspecified atom stereocenters. The van der Waals surface area contributed by atoms with Gasteiger partial charge in [-0.2, -0.15) is 0 Å². The average Bonchev–Trinajstić information content (AvgIpc) is 3.33. The highest BCUT2D eigenvalue weighted by Gasteiger charge is 2.22. The summed E-state index contributed by atoms with van der Waals surface area (Å²) in [4.78, 5) is 13.2. The highest BCUT2D eigenvalue weighted by Crippen LogP contribution is 2.24. The second-order valence-electron chi connectivity index (χ2n) is 7.17. The van der Waals surface area contributed by atoms with Crippen molar-refractivity contribution in [1.29, 1.82) is 0 Å². The number of alkyl halides is 2. The average molecular weight is 528 g/mol. The highest BCUT2D eigenvalue weighted by atomic mass is 127. The number of rotatable bonds is 7. The first-order chi connectivity index (χ1) is 13.1. The van der Waals surface area contributed by atoms with Gasteiger partial charge < -0.3 is 15.5 Å². The van der Waals surface area contributed by atoms with Crippen molar-refractivity contribution in [2.24, 2.45) is 4.99 Å². The first kappa shape index (κ1) is 23.5. The molecular formula is C18H31F2IN6S. The first-order valence-electron chi connectivity index (χ1n) is 9.81. The molecule has 0 aromatic carbocycles. The molecule has 28 heavy (non-hydrogen) atoms. The van der Waals surface area contributed by atoms with E-state index in [2.05, 4.69) is 25.9 Å². The molecule has 0 radical (unpaired) electrons. The molecule has 2 saturated heterocycles. The Hall–Kier alpha value is -0.750. The summed E-state index contributed by atoms with van der Waals surface area (Å²) in [6, 6.07) is 0.283. The fourth-order valence-electron chi connectivity index (χ4n) is 3.62. The molecule has 0 amide bonds. The molecule has 2 fully saturated rings. The summed E-state index contributed by atoms with van der Waals surface area (Å²) in [5, 5.41) is 10.0. The van der Waals surface area contributed by atoms with Gasteiger partial charge in [0.2, 0.25) is 0 Å². The smallest absolute Gasteiger partial charge is 0.251 e. The van der Waals surface area contributed by atoms with Crippen molar-refractivity contribution in [3.63, 3.8) is 0 Å². The van der Waals surface area contributed by atoms with Crippen LogP contribution in [0.15, 0.2) is 10.4 Å². The van der Waals surface area contributed by atoms with Crippen LogP contribution in [0.1, 0.15) is 31.4 Å². The van der Waals surface area contributed by atoms with Crippen LogP contribution in [0.3, 0.4) is 0 Å². The largest absolute Gasteiger partial charge is 0.356 e. The minimum atomic E-state index is -2.25. The van der Waals surface area contributed by atoms with Crippen LogP contribution in [0.4, 0.5) is 13.9 Å². The van der Waals surface area contributed by atoms with Gasteiger partial charge in [0.15, 0.2) is 11.1 Å². The third-order valence-corrected chi connectivity index (χ3v) is 6.09. The first-order valence-corrected chi connectivity index (χ1v) is 10.7. The molecule has 2 aliphatic heterocycles. The lowest BCUT2D eigenvalue weighted by Gasteiger charge is -2.32. The van der Waals surface area contributed by atoms with E-state index >= 15 is 0 Å². The molecule has 0 atom stereocenters. The van der Waals surface area contributed by atoms with Gasteiger partial charge in [-0.3, -0.25) is 9.89 Å². The Bertz CT molecular complexity index is 601. The lowest BCUT2D eigenvalue weighted by molar-refractivity contribution is 0.0744. The number of aliphatic imine (C=N–C) groups is 1. The maximum absolute atomic E-state index is 12.5. The number of halogens is 3. The Kier molecular flexibility index (Phi) is 10.1. The maximum atomic E-state index is 12.5. The Morgan fingerprint density at radius 2 is 2.00 bits per heavy atom. The van der Waals surface area contributed by atoms with Gasteiger partial charge in [-0.1, -0.05) is 0 Å². The lowest BCUT2D eigenvalue weighted by Crippen LogP contribution is -2.49. The van der Waals surface area contributed by atoms with Gasteiger partial charge in [0.25, 0.3) is 6.43 Å². The molecule has 2 N–H and O–H groups in total. The third kappa shape index (κ3) is 7.25. The fourth-order valence-corrected chi connectivity index (χ4v) is 4.53. The number of thiazole rings is 1. The fraction of sp³-hybridized carbons (Fsp3) is 0.778. The van der Waals surface area contributed by atoms with Crippen molar-refractivity contribution in [3.8, 4) is 0 Å². The number of anilines is 1. The van der Waals surface area contributed by atoms with Crippen LogP contribution in [0.2, 0.25) is 0 Å². The number of guanidine groups is 1. The molecule has 0 bridgehead atoms. The molecule has 0 saturated carbocycles. The van der Waals surface area contributed by atoms with Crippen molar-refractivity contribution >= 4 is 46.4 Å². The molecule has 160 valence electrons. The van der Waals surface area contributed by atoms with Crippen LogP contribution in [-0.4, -0.2) is 74.6 Å². The molecule has 1 aromatic rings. The summed E-state index contributed by atoms with van der Waals surface area (Å²) in [7, 11) is 1.76. The van der Waals surface area contributed by atoms with E-state index in [1.165, 1.54) is 12.8 Å². The Balaban J connectivity index is 0.00000280. The Morgan fingerprint density at radius 3 is 2.64 bits per heavy atom. The number of nitrogens with zero attached hydrogens (tertiary/aromatic N) is 4. The second-order valence-corrected chi connectivity index (χ2v) is 8.01. The van der Waals surface area contributed by atoms with Crippen molar-refractivity contribution in [3.05, 3.63) is 11.1 Å². The monoisotopic (exact) mass is 528 g/mol. The van der Waals surface area contributed by atoms with E-state index in [4.69, 9.17) is 4.98 Å². The van der Waals surface area contributed by atoms with Crippen molar-refractivity contribution in [2.45, 2.75) is 44.6 Å². The number of hydrogen-bond donors (Lipinski definition) is 2. The SMILES string of the molecule is CN=C(NCCc1csc(N2CCCC2)n1)NC1CCN(CC(F)F)CC1.I. The normalized spacial score (nSPS) is 19.1. The predicted molar refractivity (Wildman–Crippen MR) is 123 cm³/mol. The zero-order valence-corrected chi connectivity index (χ0v) is 19.5. The molecule has 1 aromatic heterocycles. The Labute approximate surface area is 187 Å². The summed E-state index contributed by atoms with van der Waals surface area (Å²) in [5.74, 6) is 0.775. The summed E-state index contributed by atoms with van der Waals surface area (Å²) in [6.07, 6.45) is 2.86. The second kappa shape index (κ2) is 12.1. The molecule has 6 nitrogen and oxygen atoms in total. The maximum Gasteiger partial charge on any atom is 0.251 e. The number of hydrogen-bond acceptors (Lipinski definition) is 5. The van der Waals surface area contributed by atoms with E-state index < -0.39 is 6.43 Å². The van der Waals surface area contributed by atoms with Crippen LogP contribution in [0.5, 0.6) is 0 Å². The van der Waals surface area contributed by atoms with Crippen molar-refractivity contribution < 1.29 is 8.78 Å². The Morgan fingerprint density at radius 1 is 1.29 bits per heavy atom. The van der Waals surface area contributed by atoms with Crippen LogP contribution in [-0.2, 0) is 6.42 Å². The van der Waals surface area contributed by atoms with Gasteiger partial charge in [-0.15, -0.1) is 35.3 Å². The minimum absolute atomic E-state index is 0. The van der Waals surface area contributed by atoms with E-state index in [0.717, 1.165) is 55.7 Å². The zero-order chi connectivity index (χ0) is 19.1. The molecule has 3 heterocycles. The summed E-state index contributed by atoms with van der Waals surface area (Å²) in [6.45, 7) is 4.31. The number of piperidine rings is 1. The van der Waals surface area contributed by atoms with Crippen LogP contribution in [0, 0.1) is 0 Å². The molecule has 10 heteroatoms. The third-order valence-electron chi connectivity index (χ3n) is 5.14. The molecule has 2 aliphatic rings. The summed E-state index contributed by atoms with van der Waals surface area (Å²) in [5.41, 5.74) is 1.12. The highest BCUT2D eigenvalue weighted by molar-refractivity contribution is 14.0. The van der Waals surface area contributed by atoms with E-state index in [1.54, 1.807) is 18.4 Å². The van der Waals surface area contributed by atoms with Crippen LogP contribution < -0.4 is 15.5 Å². The van der Waals surface area contributed by atoms with E-state index in [1.807, 2.05) is 4.90 Å². The quantitative estimate of drug-likeness (QED) is 0.324. The van der Waals surface area contributed by atoms with Gasteiger partial charge in [0.1, 0.15) is 0 Å². The molecule has 0 aliphatic carbocycles. The molecule has 3 rings (SSSR count). The number of aromatic nitrogens is 1. The number of likely N-dealkylation sites (tertiary alicyclic amines) is 1. The molecular weight excluding hydrogens is 497 g/mol. The standard InChI is InChI=1S/C18H30F2N6S.HI/c1-21-17(23-14-5-10-25(11-6-14)12-16(19)20)22-7-4-15-13-27-18(24-15)26-8-2-3-9-26;/h13-14,16H,2-12H2,1H3,(H2,21,22,23);1H. The van der Waals surface area contributed by atoms with Gasteiger partial charge in [-0.25, -0.2) is 13.8 Å². The van der Waals surface area contributed by atoms with Crippen LogP contribution in [0.25, 0.3) is 0 Å².